The standard InChI is InChI=1S/C22H19ClF3N3O4S/c1-3-29-20(32)18(11-19(31)28-16-6-4-5-7-17(16)33-12(2)30)34-21(29)27-13-8-9-15(23)14(10-13)22(24,25)26/h4-10,18H,3,11H2,1-2H3,(H,28,31). The Morgan fingerprint density at radius 2 is 1.94 bits per heavy atom. The van der Waals surface area contributed by atoms with E-state index in [4.69, 9.17) is 16.3 Å². The summed E-state index contributed by atoms with van der Waals surface area (Å²) in [5.74, 6) is -1.29. The maximum atomic E-state index is 13.2. The topological polar surface area (TPSA) is 88.1 Å². The number of nitrogens with zero attached hydrogens (tertiary/aromatic N) is 2. The molecule has 0 saturated carbocycles. The number of halogens is 4. The Bertz CT molecular complexity index is 1160. The van der Waals surface area contributed by atoms with Gasteiger partial charge in [0.2, 0.25) is 11.8 Å². The van der Waals surface area contributed by atoms with Gasteiger partial charge >= 0.3 is 12.1 Å². The largest absolute Gasteiger partial charge is 0.424 e. The summed E-state index contributed by atoms with van der Waals surface area (Å²) in [7, 11) is 0. The van der Waals surface area contributed by atoms with Crippen LogP contribution in [0.25, 0.3) is 0 Å². The molecule has 1 atom stereocenters. The third-order valence-electron chi connectivity index (χ3n) is 4.60. The Labute approximate surface area is 202 Å². The van der Waals surface area contributed by atoms with Crippen LogP contribution in [-0.2, 0) is 20.6 Å². The van der Waals surface area contributed by atoms with Crippen LogP contribution < -0.4 is 10.1 Å². The van der Waals surface area contributed by atoms with Gasteiger partial charge < -0.3 is 10.1 Å². The van der Waals surface area contributed by atoms with E-state index in [1.165, 1.54) is 24.0 Å². The van der Waals surface area contributed by atoms with E-state index in [0.717, 1.165) is 23.9 Å². The number of benzene rings is 2. The van der Waals surface area contributed by atoms with Crippen LogP contribution >= 0.6 is 23.4 Å². The molecule has 180 valence electrons. The van der Waals surface area contributed by atoms with Gasteiger partial charge in [-0.25, -0.2) is 4.99 Å². The van der Waals surface area contributed by atoms with Crippen molar-refractivity contribution in [1.82, 2.24) is 4.90 Å². The molecule has 1 aliphatic heterocycles. The number of rotatable bonds is 6. The lowest BCUT2D eigenvalue weighted by molar-refractivity contribution is -0.137. The molecule has 0 spiro atoms. The molecule has 2 aromatic carbocycles. The normalized spacial score (nSPS) is 17.2. The molecule has 0 aromatic heterocycles. The molecule has 2 amide bonds. The summed E-state index contributed by atoms with van der Waals surface area (Å²) in [4.78, 5) is 42.1. The van der Waals surface area contributed by atoms with Gasteiger partial charge in [-0.05, 0) is 37.3 Å². The molecule has 12 heteroatoms. The van der Waals surface area contributed by atoms with Crippen molar-refractivity contribution < 1.29 is 32.3 Å². The van der Waals surface area contributed by atoms with Crippen LogP contribution in [0.2, 0.25) is 5.02 Å². The van der Waals surface area contributed by atoms with Crippen molar-refractivity contribution in [2.24, 2.45) is 4.99 Å². The third kappa shape index (κ3) is 6.09. The van der Waals surface area contributed by atoms with Crippen molar-refractivity contribution in [3.8, 4) is 5.75 Å². The minimum Gasteiger partial charge on any atom is -0.424 e. The average molecular weight is 514 g/mol. The fourth-order valence-corrected chi connectivity index (χ4v) is 4.56. The van der Waals surface area contributed by atoms with Gasteiger partial charge in [0.15, 0.2) is 10.9 Å². The number of aliphatic imine (C=N–C) groups is 1. The lowest BCUT2D eigenvalue weighted by Gasteiger charge is -2.14. The monoisotopic (exact) mass is 513 g/mol. The second-order valence-electron chi connectivity index (χ2n) is 7.09. The zero-order valence-corrected chi connectivity index (χ0v) is 19.6. The van der Waals surface area contributed by atoms with Crippen LogP contribution in [0.4, 0.5) is 24.5 Å². The highest BCUT2D eigenvalue weighted by Crippen LogP contribution is 2.38. The van der Waals surface area contributed by atoms with E-state index < -0.39 is 33.9 Å². The molecule has 1 unspecified atom stereocenters. The van der Waals surface area contributed by atoms with Gasteiger partial charge in [0, 0.05) is 19.9 Å². The molecule has 0 aliphatic carbocycles. The number of carbonyl (C=O) groups excluding carboxylic acids is 3. The van der Waals surface area contributed by atoms with Crippen molar-refractivity contribution in [2.45, 2.75) is 31.7 Å². The minimum atomic E-state index is -4.65. The molecule has 7 nitrogen and oxygen atoms in total. The summed E-state index contributed by atoms with van der Waals surface area (Å²) < 4.78 is 44.5. The van der Waals surface area contributed by atoms with E-state index in [-0.39, 0.29) is 41.2 Å². The lowest BCUT2D eigenvalue weighted by Crippen LogP contribution is -2.33. The number of ether oxygens (including phenoxy) is 1. The number of para-hydroxylation sites is 2. The van der Waals surface area contributed by atoms with Crippen LogP contribution in [0, 0.1) is 0 Å². The van der Waals surface area contributed by atoms with E-state index in [2.05, 4.69) is 10.3 Å². The Balaban J connectivity index is 1.77. The summed E-state index contributed by atoms with van der Waals surface area (Å²) in [6.07, 6.45) is -4.87. The number of hydrogen-bond acceptors (Lipinski definition) is 6. The van der Waals surface area contributed by atoms with Crippen LogP contribution in [-0.4, -0.2) is 39.6 Å². The van der Waals surface area contributed by atoms with Gasteiger partial charge in [-0.3, -0.25) is 19.3 Å². The van der Waals surface area contributed by atoms with Gasteiger partial charge in [-0.2, -0.15) is 13.2 Å². The molecule has 1 N–H and O–H groups in total. The van der Waals surface area contributed by atoms with Crippen LogP contribution in [0.5, 0.6) is 5.75 Å². The van der Waals surface area contributed by atoms with Crippen molar-refractivity contribution in [3.63, 3.8) is 0 Å². The van der Waals surface area contributed by atoms with Crippen molar-refractivity contribution in [1.29, 1.82) is 0 Å². The summed E-state index contributed by atoms with van der Waals surface area (Å²) in [5.41, 5.74) is -0.790. The highest BCUT2D eigenvalue weighted by atomic mass is 35.5. The van der Waals surface area contributed by atoms with Crippen LogP contribution in [0.3, 0.4) is 0 Å². The quantitative estimate of drug-likeness (QED) is 0.420. The fourth-order valence-electron chi connectivity index (χ4n) is 3.11. The van der Waals surface area contributed by atoms with Crippen LogP contribution in [0.1, 0.15) is 25.8 Å². The first-order valence-corrected chi connectivity index (χ1v) is 11.3. The maximum Gasteiger partial charge on any atom is 0.417 e. The molecule has 1 saturated heterocycles. The number of amides is 2. The predicted octanol–water partition coefficient (Wildman–Crippen LogP) is 5.26. The number of thioether (sulfide) groups is 1. The van der Waals surface area contributed by atoms with E-state index in [1.807, 2.05) is 0 Å². The maximum absolute atomic E-state index is 13.2. The highest BCUT2D eigenvalue weighted by Gasteiger charge is 2.39. The molecule has 1 fully saturated rings. The van der Waals surface area contributed by atoms with Crippen LogP contribution in [0.15, 0.2) is 47.5 Å². The summed E-state index contributed by atoms with van der Waals surface area (Å²) in [6.45, 7) is 3.14. The van der Waals surface area contributed by atoms with Gasteiger partial charge in [-0.15, -0.1) is 0 Å². The second kappa shape index (κ2) is 10.5. The number of amidine groups is 1. The van der Waals surface area contributed by atoms with E-state index in [9.17, 15) is 27.6 Å². The lowest BCUT2D eigenvalue weighted by atomic mass is 10.2. The van der Waals surface area contributed by atoms with Gasteiger partial charge in [0.1, 0.15) is 5.25 Å². The Kier molecular flexibility index (Phi) is 7.88. The first-order chi connectivity index (χ1) is 16.0. The summed E-state index contributed by atoms with van der Waals surface area (Å²) in [6, 6.07) is 9.54. The predicted molar refractivity (Wildman–Crippen MR) is 123 cm³/mol. The first-order valence-electron chi connectivity index (χ1n) is 10.00. The molecular weight excluding hydrogens is 495 g/mol. The molecule has 0 radical (unpaired) electrons. The zero-order valence-electron chi connectivity index (χ0n) is 18.0. The van der Waals surface area contributed by atoms with Crippen molar-refractivity contribution >= 4 is 57.7 Å². The molecular formula is C22H19ClF3N3O4S. The van der Waals surface area contributed by atoms with E-state index >= 15 is 0 Å². The Morgan fingerprint density at radius 1 is 1.24 bits per heavy atom. The fraction of sp³-hybridized carbons (Fsp3) is 0.273. The molecule has 3 rings (SSSR count). The number of nitrogens with one attached hydrogen (secondary N) is 1. The van der Waals surface area contributed by atoms with Gasteiger partial charge in [0.25, 0.3) is 0 Å². The SMILES string of the molecule is CCN1C(=O)C(CC(=O)Nc2ccccc2OC(C)=O)SC1=Nc1ccc(Cl)c(C(F)(F)F)c1. The first kappa shape index (κ1) is 25.6. The molecule has 0 bridgehead atoms. The van der Waals surface area contributed by atoms with E-state index in [1.54, 1.807) is 25.1 Å². The zero-order chi connectivity index (χ0) is 25.0. The number of carbonyl (C=O) groups is 3. The number of esters is 1. The number of alkyl halides is 3. The van der Waals surface area contributed by atoms with Gasteiger partial charge in [-0.1, -0.05) is 35.5 Å². The average Bonchev–Trinajstić information content (AvgIpc) is 3.03. The number of anilines is 1. The molecule has 34 heavy (non-hydrogen) atoms. The van der Waals surface area contributed by atoms with Gasteiger partial charge in [0.05, 0.1) is 22.0 Å². The number of hydrogen-bond donors (Lipinski definition) is 1. The summed E-state index contributed by atoms with van der Waals surface area (Å²) >= 11 is 6.64. The Morgan fingerprint density at radius 3 is 2.59 bits per heavy atom. The van der Waals surface area contributed by atoms with E-state index in [0.29, 0.717) is 0 Å². The molecule has 1 aliphatic rings. The Hall–Kier alpha value is -3.05. The highest BCUT2D eigenvalue weighted by molar-refractivity contribution is 8.15. The summed E-state index contributed by atoms with van der Waals surface area (Å²) in [5, 5.41) is 1.51. The second-order valence-corrected chi connectivity index (χ2v) is 8.66. The smallest absolute Gasteiger partial charge is 0.417 e. The van der Waals surface area contributed by atoms with Crippen molar-refractivity contribution in [3.05, 3.63) is 53.1 Å². The van der Waals surface area contributed by atoms with Crippen molar-refractivity contribution in [2.75, 3.05) is 11.9 Å². The third-order valence-corrected chi connectivity index (χ3v) is 6.11. The molecule has 2 aromatic rings. The molecule has 1 heterocycles. The minimum absolute atomic E-state index is 0.0223.